The lowest BCUT2D eigenvalue weighted by atomic mass is 9.78. The summed E-state index contributed by atoms with van der Waals surface area (Å²) in [6, 6.07) is 16.4. The molecule has 2 aromatic rings. The Balaban J connectivity index is 2.31. The molecule has 0 heterocycles. The number of allylic oxidation sites excluding steroid dienone is 2. The summed E-state index contributed by atoms with van der Waals surface area (Å²) >= 11 is 0. The molecule has 0 bridgehead atoms. The fourth-order valence-corrected chi connectivity index (χ4v) is 3.58. The highest BCUT2D eigenvalue weighted by molar-refractivity contribution is 6.24. The first-order chi connectivity index (χ1) is 11.9. The molecule has 4 heteroatoms. The van der Waals surface area contributed by atoms with E-state index in [1.807, 2.05) is 49.4 Å². The van der Waals surface area contributed by atoms with Crippen LogP contribution in [-0.2, 0) is 14.3 Å². The standard InChI is InChI=1S/C21H19FO3/c1-13-9-7-8-12-16(13)18-17(15-10-5-4-6-11-15)14(2)19(23)21(18,22)20(24)25-3/h4-12,18H,1-3H3/t18-,21+/m0/s1. The maximum Gasteiger partial charge on any atom is 0.352 e. The second kappa shape index (κ2) is 6.28. The van der Waals surface area contributed by atoms with Crippen LogP contribution in [0.15, 0.2) is 60.2 Å². The zero-order valence-corrected chi connectivity index (χ0v) is 14.4. The van der Waals surface area contributed by atoms with Crippen LogP contribution in [0.5, 0.6) is 0 Å². The van der Waals surface area contributed by atoms with Crippen molar-refractivity contribution >= 4 is 17.3 Å². The van der Waals surface area contributed by atoms with E-state index >= 15 is 4.39 Å². The molecule has 0 aromatic heterocycles. The Bertz CT molecular complexity index is 870. The minimum absolute atomic E-state index is 0.257. The van der Waals surface area contributed by atoms with Crippen LogP contribution in [0.2, 0.25) is 0 Å². The predicted octanol–water partition coefficient (Wildman–Crippen LogP) is 4.02. The van der Waals surface area contributed by atoms with Gasteiger partial charge < -0.3 is 4.74 Å². The number of hydrogen-bond donors (Lipinski definition) is 0. The zero-order valence-electron chi connectivity index (χ0n) is 14.4. The van der Waals surface area contributed by atoms with Crippen LogP contribution in [0.1, 0.15) is 29.5 Å². The lowest BCUT2D eigenvalue weighted by Crippen LogP contribution is -2.45. The third kappa shape index (κ3) is 2.49. The summed E-state index contributed by atoms with van der Waals surface area (Å²) in [5.41, 5.74) is 0.190. The van der Waals surface area contributed by atoms with E-state index in [9.17, 15) is 9.59 Å². The normalized spacial score (nSPS) is 23.0. The fourth-order valence-electron chi connectivity index (χ4n) is 3.58. The number of ether oxygens (including phenoxy) is 1. The van der Waals surface area contributed by atoms with Crippen LogP contribution < -0.4 is 0 Å². The van der Waals surface area contributed by atoms with Crippen LogP contribution in [0.25, 0.3) is 5.57 Å². The van der Waals surface area contributed by atoms with Gasteiger partial charge >= 0.3 is 5.97 Å². The lowest BCUT2D eigenvalue weighted by Gasteiger charge is -2.27. The van der Waals surface area contributed by atoms with Crippen LogP contribution in [0.3, 0.4) is 0 Å². The van der Waals surface area contributed by atoms with Crippen molar-refractivity contribution < 1.29 is 18.7 Å². The van der Waals surface area contributed by atoms with Crippen molar-refractivity contribution in [2.24, 2.45) is 0 Å². The Labute approximate surface area is 146 Å². The van der Waals surface area contributed by atoms with E-state index in [4.69, 9.17) is 0 Å². The summed E-state index contributed by atoms with van der Waals surface area (Å²) in [5, 5.41) is 0. The molecular formula is C21H19FO3. The van der Waals surface area contributed by atoms with Gasteiger partial charge in [0.2, 0.25) is 5.78 Å². The van der Waals surface area contributed by atoms with Gasteiger partial charge in [0.05, 0.1) is 13.0 Å². The van der Waals surface area contributed by atoms with Crippen molar-refractivity contribution in [3.8, 4) is 0 Å². The molecule has 2 atom stereocenters. The summed E-state index contributed by atoms with van der Waals surface area (Å²) < 4.78 is 20.6. The molecule has 0 N–H and O–H groups in total. The average molecular weight is 338 g/mol. The van der Waals surface area contributed by atoms with Crippen molar-refractivity contribution in [3.63, 3.8) is 0 Å². The number of hydrogen-bond acceptors (Lipinski definition) is 3. The molecule has 0 saturated heterocycles. The number of halogens is 1. The Hall–Kier alpha value is -2.75. The highest BCUT2D eigenvalue weighted by Gasteiger charge is 2.61. The topological polar surface area (TPSA) is 43.4 Å². The lowest BCUT2D eigenvalue weighted by molar-refractivity contribution is -0.158. The molecule has 3 rings (SSSR count). The third-order valence-electron chi connectivity index (χ3n) is 4.83. The second-order valence-corrected chi connectivity index (χ2v) is 6.23. The molecular weight excluding hydrogens is 319 g/mol. The van der Waals surface area contributed by atoms with E-state index in [0.717, 1.165) is 18.2 Å². The molecule has 128 valence electrons. The van der Waals surface area contributed by atoms with Crippen molar-refractivity contribution in [2.75, 3.05) is 7.11 Å². The maximum atomic E-state index is 16.0. The Morgan fingerprint density at radius 1 is 1.04 bits per heavy atom. The van der Waals surface area contributed by atoms with E-state index < -0.39 is 23.3 Å². The second-order valence-electron chi connectivity index (χ2n) is 6.23. The molecule has 1 aliphatic carbocycles. The molecule has 0 unspecified atom stereocenters. The first kappa shape index (κ1) is 17.1. The summed E-state index contributed by atoms with van der Waals surface area (Å²) in [6.07, 6.45) is 0. The number of Topliss-reactive ketones (excluding diaryl/α,β-unsaturated/α-hetero) is 1. The summed E-state index contributed by atoms with van der Waals surface area (Å²) in [6.45, 7) is 3.41. The Morgan fingerprint density at radius 3 is 2.24 bits per heavy atom. The van der Waals surface area contributed by atoms with E-state index in [-0.39, 0.29) is 5.57 Å². The minimum atomic E-state index is -2.75. The van der Waals surface area contributed by atoms with Gasteiger partial charge in [-0.05, 0) is 36.1 Å². The Morgan fingerprint density at radius 2 is 1.64 bits per heavy atom. The van der Waals surface area contributed by atoms with E-state index in [2.05, 4.69) is 4.74 Å². The molecule has 25 heavy (non-hydrogen) atoms. The van der Waals surface area contributed by atoms with Crippen molar-refractivity contribution in [2.45, 2.75) is 25.4 Å². The van der Waals surface area contributed by atoms with Gasteiger partial charge in [-0.15, -0.1) is 0 Å². The first-order valence-electron chi connectivity index (χ1n) is 8.06. The van der Waals surface area contributed by atoms with E-state index in [1.165, 1.54) is 0 Å². The fraction of sp³-hybridized carbons (Fsp3) is 0.238. The number of alkyl halides is 1. The summed E-state index contributed by atoms with van der Waals surface area (Å²) in [5.74, 6) is -3.02. The van der Waals surface area contributed by atoms with Gasteiger partial charge in [0.15, 0.2) is 0 Å². The van der Waals surface area contributed by atoms with Crippen molar-refractivity contribution in [3.05, 3.63) is 76.9 Å². The highest BCUT2D eigenvalue weighted by Crippen LogP contribution is 2.52. The predicted molar refractivity (Wildman–Crippen MR) is 93.8 cm³/mol. The minimum Gasteiger partial charge on any atom is -0.466 e. The van der Waals surface area contributed by atoms with Gasteiger partial charge in [-0.25, -0.2) is 9.18 Å². The van der Waals surface area contributed by atoms with Crippen molar-refractivity contribution in [1.82, 2.24) is 0 Å². The molecule has 0 aliphatic heterocycles. The highest BCUT2D eigenvalue weighted by atomic mass is 19.1. The SMILES string of the molecule is COC(=O)[C@]1(F)C(=O)C(C)=C(c2ccccc2)[C@@H]1c1ccccc1C. The molecule has 0 amide bonds. The van der Waals surface area contributed by atoms with Gasteiger partial charge in [0, 0.05) is 5.57 Å². The monoisotopic (exact) mass is 338 g/mol. The number of carbonyl (C=O) groups is 2. The number of esters is 1. The number of carbonyl (C=O) groups excluding carboxylic acids is 2. The number of rotatable bonds is 3. The quantitative estimate of drug-likeness (QED) is 0.627. The molecule has 2 aromatic carbocycles. The number of ketones is 1. The van der Waals surface area contributed by atoms with E-state index in [0.29, 0.717) is 11.1 Å². The summed E-state index contributed by atoms with van der Waals surface area (Å²) in [7, 11) is 1.10. The van der Waals surface area contributed by atoms with Gasteiger partial charge in [-0.1, -0.05) is 54.6 Å². The largest absolute Gasteiger partial charge is 0.466 e. The third-order valence-corrected chi connectivity index (χ3v) is 4.83. The van der Waals surface area contributed by atoms with Gasteiger partial charge in [-0.2, -0.15) is 0 Å². The molecule has 3 nitrogen and oxygen atoms in total. The first-order valence-corrected chi connectivity index (χ1v) is 8.06. The van der Waals surface area contributed by atoms with Gasteiger partial charge in [0.25, 0.3) is 5.67 Å². The van der Waals surface area contributed by atoms with Crippen molar-refractivity contribution in [1.29, 1.82) is 0 Å². The Kier molecular flexibility index (Phi) is 4.29. The molecule has 1 aliphatic rings. The number of aryl methyl sites for hydroxylation is 1. The molecule has 0 fully saturated rings. The van der Waals surface area contributed by atoms with E-state index in [1.54, 1.807) is 19.1 Å². The van der Waals surface area contributed by atoms with Crippen LogP contribution >= 0.6 is 0 Å². The summed E-state index contributed by atoms with van der Waals surface area (Å²) in [4.78, 5) is 25.1. The van der Waals surface area contributed by atoms with Crippen LogP contribution in [0.4, 0.5) is 4.39 Å². The van der Waals surface area contributed by atoms with Crippen LogP contribution in [-0.4, -0.2) is 24.5 Å². The zero-order chi connectivity index (χ0) is 18.2. The number of methoxy groups -OCH3 is 1. The molecule has 0 saturated carbocycles. The molecule has 0 spiro atoms. The maximum absolute atomic E-state index is 16.0. The van der Waals surface area contributed by atoms with Crippen LogP contribution in [0, 0.1) is 6.92 Å². The molecule has 0 radical (unpaired) electrons. The van der Waals surface area contributed by atoms with Gasteiger partial charge in [-0.3, -0.25) is 4.79 Å². The smallest absolute Gasteiger partial charge is 0.352 e. The average Bonchev–Trinajstić information content (AvgIpc) is 2.84. The van der Waals surface area contributed by atoms with Gasteiger partial charge in [0.1, 0.15) is 0 Å². The number of benzene rings is 2.